The third-order valence-corrected chi connectivity index (χ3v) is 3.76. The highest BCUT2D eigenvalue weighted by Gasteiger charge is 2.26. The molecule has 0 saturated carbocycles. The van der Waals surface area contributed by atoms with Crippen LogP contribution in [0.25, 0.3) is 0 Å². The molecule has 0 fully saturated rings. The first-order chi connectivity index (χ1) is 9.58. The lowest BCUT2D eigenvalue weighted by molar-refractivity contribution is 0.0989. The fourth-order valence-electron chi connectivity index (χ4n) is 2.57. The smallest absolute Gasteiger partial charge is 0.258 e. The number of benzene rings is 2. The third kappa shape index (κ3) is 1.90. The van der Waals surface area contributed by atoms with Gasteiger partial charge in [-0.1, -0.05) is 12.1 Å². The zero-order valence-corrected chi connectivity index (χ0v) is 11.3. The van der Waals surface area contributed by atoms with Crippen LogP contribution in [0.1, 0.15) is 21.5 Å². The molecule has 0 radical (unpaired) electrons. The summed E-state index contributed by atoms with van der Waals surface area (Å²) in [6.07, 6.45) is 0.769. The number of nitrogen functional groups attached to an aromatic ring is 1. The average molecular weight is 268 g/mol. The Bertz CT molecular complexity index is 695. The van der Waals surface area contributed by atoms with Crippen LogP contribution >= 0.6 is 0 Å². The highest BCUT2D eigenvalue weighted by molar-refractivity contribution is 6.08. The molecule has 4 nitrogen and oxygen atoms in total. The maximum atomic E-state index is 12.6. The summed E-state index contributed by atoms with van der Waals surface area (Å²) in [5.41, 5.74) is 9.81. The van der Waals surface area contributed by atoms with Crippen LogP contribution in [0.2, 0.25) is 0 Å². The Labute approximate surface area is 117 Å². The lowest BCUT2D eigenvalue weighted by atomic mass is 10.1. The molecule has 0 spiro atoms. The van der Waals surface area contributed by atoms with E-state index < -0.39 is 0 Å². The van der Waals surface area contributed by atoms with Crippen LogP contribution in [0.15, 0.2) is 36.4 Å². The number of carbonyl (C=O) groups is 1. The number of aromatic hydroxyl groups is 1. The van der Waals surface area contributed by atoms with Gasteiger partial charge in [0.05, 0.1) is 0 Å². The van der Waals surface area contributed by atoms with Gasteiger partial charge in [-0.2, -0.15) is 0 Å². The Morgan fingerprint density at radius 3 is 2.85 bits per heavy atom. The van der Waals surface area contributed by atoms with E-state index in [0.29, 0.717) is 12.1 Å². The largest absolute Gasteiger partial charge is 0.508 e. The lowest BCUT2D eigenvalue weighted by Gasteiger charge is -2.18. The van der Waals surface area contributed by atoms with Gasteiger partial charge >= 0.3 is 0 Å². The first kappa shape index (κ1) is 12.5. The Morgan fingerprint density at radius 2 is 2.10 bits per heavy atom. The number of carbonyl (C=O) groups excluding carboxylic acids is 1. The molecular formula is C16H16N2O2. The number of nitrogens with two attached hydrogens (primary N) is 1. The minimum absolute atomic E-state index is 0.107. The van der Waals surface area contributed by atoms with Gasteiger partial charge in [-0.15, -0.1) is 0 Å². The molecule has 1 amide bonds. The van der Waals surface area contributed by atoms with Crippen LogP contribution in [0.4, 0.5) is 11.4 Å². The number of phenols is 1. The van der Waals surface area contributed by atoms with Crippen LogP contribution in [-0.4, -0.2) is 17.6 Å². The fraction of sp³-hybridized carbons (Fsp3) is 0.188. The Balaban J connectivity index is 1.97. The average Bonchev–Trinajstić information content (AvgIpc) is 2.86. The zero-order valence-electron chi connectivity index (χ0n) is 11.3. The number of fused-ring (bicyclic) bond motifs is 1. The van der Waals surface area contributed by atoms with Gasteiger partial charge < -0.3 is 15.7 Å². The van der Waals surface area contributed by atoms with E-state index in [9.17, 15) is 9.90 Å². The standard InChI is InChI=1S/C16H16N2O2/c1-10-5-6-11(9-15(10)19)16(20)18-8-7-12-13(17)3-2-4-14(12)18/h2-6,9,19H,7-8,17H2,1H3. The molecule has 0 aromatic heterocycles. The topological polar surface area (TPSA) is 66.6 Å². The van der Waals surface area contributed by atoms with E-state index in [-0.39, 0.29) is 11.7 Å². The quantitative estimate of drug-likeness (QED) is 0.781. The van der Waals surface area contributed by atoms with Crippen LogP contribution in [-0.2, 0) is 6.42 Å². The number of phenolic OH excluding ortho intramolecular Hbond substituents is 1. The van der Waals surface area contributed by atoms with Crippen molar-refractivity contribution in [2.24, 2.45) is 0 Å². The second-order valence-electron chi connectivity index (χ2n) is 5.05. The summed E-state index contributed by atoms with van der Waals surface area (Å²) in [5, 5.41) is 9.74. The summed E-state index contributed by atoms with van der Waals surface area (Å²) in [5.74, 6) is 0.0347. The number of rotatable bonds is 1. The lowest BCUT2D eigenvalue weighted by Crippen LogP contribution is -2.28. The number of anilines is 2. The van der Waals surface area contributed by atoms with E-state index >= 15 is 0 Å². The molecule has 20 heavy (non-hydrogen) atoms. The van der Waals surface area contributed by atoms with E-state index in [1.54, 1.807) is 24.0 Å². The molecule has 1 aliphatic heterocycles. The molecule has 2 aromatic rings. The maximum Gasteiger partial charge on any atom is 0.258 e. The minimum atomic E-state index is -0.107. The minimum Gasteiger partial charge on any atom is -0.508 e. The third-order valence-electron chi connectivity index (χ3n) is 3.76. The van der Waals surface area contributed by atoms with E-state index in [0.717, 1.165) is 28.9 Å². The van der Waals surface area contributed by atoms with Crippen molar-refractivity contribution in [3.05, 3.63) is 53.1 Å². The second-order valence-corrected chi connectivity index (χ2v) is 5.05. The predicted molar refractivity (Wildman–Crippen MR) is 79.1 cm³/mol. The van der Waals surface area contributed by atoms with Crippen molar-refractivity contribution in [3.8, 4) is 5.75 Å². The van der Waals surface area contributed by atoms with Gasteiger partial charge in [0.2, 0.25) is 0 Å². The molecule has 1 heterocycles. The first-order valence-corrected chi connectivity index (χ1v) is 6.57. The van der Waals surface area contributed by atoms with Crippen LogP contribution in [0.3, 0.4) is 0 Å². The SMILES string of the molecule is Cc1ccc(C(=O)N2CCc3c(N)cccc32)cc1O. The van der Waals surface area contributed by atoms with Crippen molar-refractivity contribution in [1.29, 1.82) is 0 Å². The van der Waals surface area contributed by atoms with E-state index in [2.05, 4.69) is 0 Å². The van der Waals surface area contributed by atoms with Gasteiger partial charge in [0.15, 0.2) is 0 Å². The summed E-state index contributed by atoms with van der Waals surface area (Å²) in [6.45, 7) is 2.42. The predicted octanol–water partition coefficient (Wildman–Crippen LogP) is 2.49. The molecule has 3 rings (SSSR count). The highest BCUT2D eigenvalue weighted by atomic mass is 16.3. The fourth-order valence-corrected chi connectivity index (χ4v) is 2.57. The van der Waals surface area contributed by atoms with E-state index in [1.807, 2.05) is 18.2 Å². The molecule has 102 valence electrons. The summed E-state index contributed by atoms with van der Waals surface area (Å²) >= 11 is 0. The molecule has 0 saturated heterocycles. The number of aryl methyl sites for hydroxylation is 1. The summed E-state index contributed by atoms with van der Waals surface area (Å²) in [4.78, 5) is 14.3. The first-order valence-electron chi connectivity index (χ1n) is 6.57. The van der Waals surface area contributed by atoms with E-state index in [1.165, 1.54) is 6.07 Å². The van der Waals surface area contributed by atoms with Crippen molar-refractivity contribution < 1.29 is 9.90 Å². The van der Waals surface area contributed by atoms with E-state index in [4.69, 9.17) is 5.73 Å². The number of hydrogen-bond donors (Lipinski definition) is 2. The van der Waals surface area contributed by atoms with Crippen molar-refractivity contribution in [1.82, 2.24) is 0 Å². The van der Waals surface area contributed by atoms with Gasteiger partial charge in [0.1, 0.15) is 5.75 Å². The molecule has 1 aliphatic rings. The zero-order chi connectivity index (χ0) is 14.3. The molecule has 0 bridgehead atoms. The Morgan fingerprint density at radius 1 is 1.30 bits per heavy atom. The number of nitrogens with zero attached hydrogens (tertiary/aromatic N) is 1. The molecular weight excluding hydrogens is 252 g/mol. The molecule has 0 unspecified atom stereocenters. The van der Waals surface area contributed by atoms with Gasteiger partial charge in [0.25, 0.3) is 5.91 Å². The molecule has 0 atom stereocenters. The maximum absolute atomic E-state index is 12.6. The molecule has 0 aliphatic carbocycles. The summed E-state index contributed by atoms with van der Waals surface area (Å²) < 4.78 is 0. The van der Waals surface area contributed by atoms with Crippen molar-refractivity contribution >= 4 is 17.3 Å². The normalized spacial score (nSPS) is 13.3. The van der Waals surface area contributed by atoms with Crippen LogP contribution in [0, 0.1) is 6.92 Å². The summed E-state index contributed by atoms with van der Waals surface area (Å²) in [6, 6.07) is 10.6. The van der Waals surface area contributed by atoms with Crippen LogP contribution in [0.5, 0.6) is 5.75 Å². The summed E-state index contributed by atoms with van der Waals surface area (Å²) in [7, 11) is 0. The van der Waals surface area contributed by atoms with Gasteiger partial charge in [-0.3, -0.25) is 4.79 Å². The number of amides is 1. The highest BCUT2D eigenvalue weighted by Crippen LogP contribution is 2.33. The molecule has 2 aromatic carbocycles. The molecule has 3 N–H and O–H groups in total. The van der Waals surface area contributed by atoms with Gasteiger partial charge in [-0.25, -0.2) is 0 Å². The van der Waals surface area contributed by atoms with Crippen molar-refractivity contribution in [2.45, 2.75) is 13.3 Å². The molecule has 4 heteroatoms. The van der Waals surface area contributed by atoms with Crippen molar-refractivity contribution in [3.63, 3.8) is 0 Å². The van der Waals surface area contributed by atoms with Gasteiger partial charge in [-0.05, 0) is 43.2 Å². The second kappa shape index (κ2) is 4.56. The van der Waals surface area contributed by atoms with Gasteiger partial charge in [0, 0.05) is 29.0 Å². The van der Waals surface area contributed by atoms with Crippen LogP contribution < -0.4 is 10.6 Å². The number of hydrogen-bond acceptors (Lipinski definition) is 3. The Hall–Kier alpha value is -2.49. The Kier molecular flexibility index (Phi) is 2.86. The monoisotopic (exact) mass is 268 g/mol. The van der Waals surface area contributed by atoms with Crippen molar-refractivity contribution in [2.75, 3.05) is 17.2 Å².